The molecule has 138 valence electrons. The molecular formula is C18H20N2O5S. The van der Waals surface area contributed by atoms with E-state index in [-0.39, 0.29) is 18.6 Å². The van der Waals surface area contributed by atoms with Gasteiger partial charge >= 0.3 is 5.97 Å². The summed E-state index contributed by atoms with van der Waals surface area (Å²) in [6.45, 7) is 3.51. The van der Waals surface area contributed by atoms with E-state index in [2.05, 4.69) is 5.32 Å². The van der Waals surface area contributed by atoms with Gasteiger partial charge in [0.2, 0.25) is 0 Å². The zero-order valence-corrected chi connectivity index (χ0v) is 15.3. The first kappa shape index (κ1) is 19.5. The predicted octanol–water partition coefficient (Wildman–Crippen LogP) is 2.49. The van der Waals surface area contributed by atoms with Crippen LogP contribution in [0.25, 0.3) is 0 Å². The second-order valence-electron chi connectivity index (χ2n) is 5.51. The Kier molecular flexibility index (Phi) is 6.74. The van der Waals surface area contributed by atoms with Crippen LogP contribution in [0.4, 0.5) is 5.00 Å². The minimum atomic E-state index is -1.01. The lowest BCUT2D eigenvalue weighted by atomic mass is 10.2. The summed E-state index contributed by atoms with van der Waals surface area (Å²) in [6, 6.07) is 8.98. The van der Waals surface area contributed by atoms with Crippen molar-refractivity contribution in [2.24, 2.45) is 5.73 Å². The molecule has 0 fully saturated rings. The van der Waals surface area contributed by atoms with Crippen molar-refractivity contribution in [3.63, 3.8) is 0 Å². The van der Waals surface area contributed by atoms with Crippen molar-refractivity contribution in [3.05, 3.63) is 46.8 Å². The number of carbonyl (C=O) groups is 3. The van der Waals surface area contributed by atoms with Gasteiger partial charge < -0.3 is 20.5 Å². The Morgan fingerprint density at radius 2 is 1.96 bits per heavy atom. The average molecular weight is 376 g/mol. The summed E-state index contributed by atoms with van der Waals surface area (Å²) in [5.74, 6) is -1.03. The number of ether oxygens (including phenoxy) is 2. The molecule has 0 aliphatic heterocycles. The van der Waals surface area contributed by atoms with Gasteiger partial charge in [0, 0.05) is 0 Å². The van der Waals surface area contributed by atoms with E-state index in [4.69, 9.17) is 15.2 Å². The monoisotopic (exact) mass is 376 g/mol. The normalized spacial score (nSPS) is 11.5. The molecule has 8 heteroatoms. The smallest absolute Gasteiger partial charge is 0.310 e. The average Bonchev–Trinajstić information content (AvgIpc) is 3.05. The Morgan fingerprint density at radius 3 is 2.65 bits per heavy atom. The molecule has 7 nitrogen and oxygen atoms in total. The predicted molar refractivity (Wildman–Crippen MR) is 98.3 cm³/mol. The lowest BCUT2D eigenvalue weighted by Gasteiger charge is -2.14. The van der Waals surface area contributed by atoms with Crippen LogP contribution < -0.4 is 15.8 Å². The second-order valence-corrected chi connectivity index (χ2v) is 6.43. The molecule has 1 atom stereocenters. The summed E-state index contributed by atoms with van der Waals surface area (Å²) in [5.41, 5.74) is 6.41. The summed E-state index contributed by atoms with van der Waals surface area (Å²) in [4.78, 5) is 35.2. The molecule has 1 aromatic heterocycles. The number of hydrogen-bond acceptors (Lipinski definition) is 6. The molecule has 0 aliphatic rings. The molecule has 3 N–H and O–H groups in total. The molecule has 1 heterocycles. The largest absolute Gasteiger partial charge is 0.493 e. The molecular weight excluding hydrogens is 356 g/mol. The molecule has 0 bridgehead atoms. The van der Waals surface area contributed by atoms with Gasteiger partial charge in [-0.3, -0.25) is 14.4 Å². The van der Waals surface area contributed by atoms with Gasteiger partial charge in [0.25, 0.3) is 11.8 Å². The number of nitrogens with two attached hydrogens (primary N) is 1. The maximum Gasteiger partial charge on any atom is 0.310 e. The minimum absolute atomic E-state index is 0.0114. The maximum absolute atomic E-state index is 12.1. The molecule has 0 aliphatic carbocycles. The third-order valence-corrected chi connectivity index (χ3v) is 4.33. The molecule has 0 saturated carbocycles. The molecule has 0 saturated heterocycles. The van der Waals surface area contributed by atoms with Gasteiger partial charge in [-0.25, -0.2) is 0 Å². The van der Waals surface area contributed by atoms with Gasteiger partial charge in [0.1, 0.15) is 10.8 Å². The number of amides is 2. The molecule has 0 spiro atoms. The fourth-order valence-corrected chi connectivity index (χ4v) is 2.88. The van der Waals surface area contributed by atoms with Gasteiger partial charge in [0.05, 0.1) is 18.6 Å². The van der Waals surface area contributed by atoms with Gasteiger partial charge in [-0.1, -0.05) is 18.2 Å². The highest BCUT2D eigenvalue weighted by atomic mass is 32.1. The van der Waals surface area contributed by atoms with E-state index >= 15 is 0 Å². The molecule has 2 rings (SSSR count). The fraction of sp³-hybridized carbons (Fsp3) is 0.278. The SMILES string of the molecule is Cc1ccccc1OCCC(=O)O[C@@H](C)C(=O)Nc1sccc1C(N)=O. The first-order chi connectivity index (χ1) is 12.4. The second kappa shape index (κ2) is 9.00. The number of para-hydroxylation sites is 1. The lowest BCUT2D eigenvalue weighted by molar-refractivity contribution is -0.153. The summed E-state index contributed by atoms with van der Waals surface area (Å²) in [5, 5.41) is 4.50. The summed E-state index contributed by atoms with van der Waals surface area (Å²) in [6.07, 6.45) is -0.999. The first-order valence-electron chi connectivity index (χ1n) is 7.94. The number of carbonyl (C=O) groups excluding carboxylic acids is 3. The van der Waals surface area contributed by atoms with Crippen molar-refractivity contribution in [3.8, 4) is 5.75 Å². The maximum atomic E-state index is 12.1. The summed E-state index contributed by atoms with van der Waals surface area (Å²) in [7, 11) is 0. The highest BCUT2D eigenvalue weighted by molar-refractivity contribution is 7.14. The Hall–Kier alpha value is -2.87. The highest BCUT2D eigenvalue weighted by Crippen LogP contribution is 2.23. The van der Waals surface area contributed by atoms with E-state index in [0.29, 0.717) is 10.8 Å². The van der Waals surface area contributed by atoms with Crippen molar-refractivity contribution >= 4 is 34.1 Å². The van der Waals surface area contributed by atoms with Crippen molar-refractivity contribution in [1.82, 2.24) is 0 Å². The standard InChI is InChI=1S/C18H20N2O5S/c1-11-5-3-4-6-14(11)24-9-7-15(21)25-12(2)17(23)20-18-13(16(19)22)8-10-26-18/h3-6,8,10,12H,7,9H2,1-2H3,(H2,19,22)(H,20,23)/t12-/m0/s1. The van der Waals surface area contributed by atoms with Crippen LogP contribution in [0.15, 0.2) is 35.7 Å². The zero-order chi connectivity index (χ0) is 19.1. The van der Waals surface area contributed by atoms with E-state index in [1.165, 1.54) is 13.0 Å². The van der Waals surface area contributed by atoms with Gasteiger partial charge in [-0.05, 0) is 36.9 Å². The van der Waals surface area contributed by atoms with Crippen molar-refractivity contribution in [2.75, 3.05) is 11.9 Å². The third-order valence-electron chi connectivity index (χ3n) is 3.50. The number of primary amides is 1. The van der Waals surface area contributed by atoms with Crippen LogP contribution in [0.1, 0.15) is 29.3 Å². The quantitative estimate of drug-likeness (QED) is 0.688. The van der Waals surface area contributed by atoms with E-state index in [1.807, 2.05) is 31.2 Å². The van der Waals surface area contributed by atoms with Gasteiger partial charge in [0.15, 0.2) is 6.10 Å². The first-order valence-corrected chi connectivity index (χ1v) is 8.82. The van der Waals surface area contributed by atoms with E-state index < -0.39 is 23.9 Å². The zero-order valence-electron chi connectivity index (χ0n) is 14.5. The molecule has 2 aromatic rings. The minimum Gasteiger partial charge on any atom is -0.493 e. The number of thiophene rings is 1. The van der Waals surface area contributed by atoms with Crippen molar-refractivity contribution < 1.29 is 23.9 Å². The number of esters is 1. The van der Waals surface area contributed by atoms with Crippen LogP contribution in [0.5, 0.6) is 5.75 Å². The van der Waals surface area contributed by atoms with Crippen molar-refractivity contribution in [1.29, 1.82) is 0 Å². The number of anilines is 1. The lowest BCUT2D eigenvalue weighted by Crippen LogP contribution is -2.30. The molecule has 0 unspecified atom stereocenters. The summed E-state index contributed by atoms with van der Waals surface area (Å²) < 4.78 is 10.6. The van der Waals surface area contributed by atoms with Crippen LogP contribution in [0, 0.1) is 6.92 Å². The number of rotatable bonds is 8. The molecule has 1 aromatic carbocycles. The topological polar surface area (TPSA) is 108 Å². The fourth-order valence-electron chi connectivity index (χ4n) is 2.09. The van der Waals surface area contributed by atoms with Crippen LogP contribution in [-0.4, -0.2) is 30.5 Å². The Morgan fingerprint density at radius 1 is 1.23 bits per heavy atom. The number of benzene rings is 1. The molecule has 2 amide bonds. The van der Waals surface area contributed by atoms with Crippen LogP contribution in [0.3, 0.4) is 0 Å². The number of nitrogens with one attached hydrogen (secondary N) is 1. The summed E-state index contributed by atoms with van der Waals surface area (Å²) >= 11 is 1.16. The van der Waals surface area contributed by atoms with Gasteiger partial charge in [-0.2, -0.15) is 0 Å². The van der Waals surface area contributed by atoms with Crippen molar-refractivity contribution in [2.45, 2.75) is 26.4 Å². The van der Waals surface area contributed by atoms with Crippen LogP contribution in [-0.2, 0) is 14.3 Å². The van der Waals surface area contributed by atoms with Gasteiger partial charge in [-0.15, -0.1) is 11.3 Å². The van der Waals surface area contributed by atoms with Crippen LogP contribution in [0.2, 0.25) is 0 Å². The Balaban J connectivity index is 1.79. The van der Waals surface area contributed by atoms with E-state index in [0.717, 1.165) is 16.9 Å². The highest BCUT2D eigenvalue weighted by Gasteiger charge is 2.20. The van der Waals surface area contributed by atoms with E-state index in [1.54, 1.807) is 5.38 Å². The van der Waals surface area contributed by atoms with Crippen LogP contribution >= 0.6 is 11.3 Å². The number of aryl methyl sites for hydroxylation is 1. The Labute approximate surface area is 155 Å². The van der Waals surface area contributed by atoms with E-state index in [9.17, 15) is 14.4 Å². The number of hydrogen-bond donors (Lipinski definition) is 2. The third kappa shape index (κ3) is 5.32. The Bertz CT molecular complexity index is 802. The molecule has 26 heavy (non-hydrogen) atoms. The molecule has 0 radical (unpaired) electrons.